The summed E-state index contributed by atoms with van der Waals surface area (Å²) in [5.74, 6) is -0.963. The van der Waals surface area contributed by atoms with Crippen molar-refractivity contribution in [2.75, 3.05) is 6.61 Å². The zero-order valence-electron chi connectivity index (χ0n) is 7.19. The third-order valence-electron chi connectivity index (χ3n) is 2.07. The smallest absolute Gasteiger partial charge is 0.550 e. The fraction of sp³-hybridized carbons (Fsp3) is 0.625. The molecule has 0 amide bonds. The van der Waals surface area contributed by atoms with Gasteiger partial charge in [0, 0.05) is 18.5 Å². The summed E-state index contributed by atoms with van der Waals surface area (Å²) in [6, 6.07) is 0. The Balaban J connectivity index is 0.00000121. The van der Waals surface area contributed by atoms with E-state index in [4.69, 9.17) is 5.11 Å². The molecule has 0 heterocycles. The molecule has 3 nitrogen and oxygen atoms in total. The molecule has 0 saturated heterocycles. The van der Waals surface area contributed by atoms with E-state index in [0.717, 1.165) is 6.42 Å². The monoisotopic (exact) mass is 178 g/mol. The van der Waals surface area contributed by atoms with Gasteiger partial charge in [-0.15, -0.1) is 0 Å². The van der Waals surface area contributed by atoms with E-state index in [1.165, 1.54) is 0 Å². The molecule has 0 saturated carbocycles. The molecule has 1 N–H and O–H groups in total. The maximum Gasteiger partial charge on any atom is 1.00 e. The van der Waals surface area contributed by atoms with E-state index in [0.29, 0.717) is 0 Å². The van der Waals surface area contributed by atoms with Crippen LogP contribution in [0.25, 0.3) is 0 Å². The van der Waals surface area contributed by atoms with Crippen molar-refractivity contribution in [3.05, 3.63) is 12.2 Å². The first-order valence-electron chi connectivity index (χ1n) is 3.71. The van der Waals surface area contributed by atoms with Crippen LogP contribution in [-0.2, 0) is 4.79 Å². The molecule has 4 heteroatoms. The summed E-state index contributed by atoms with van der Waals surface area (Å²) in [4.78, 5) is 10.2. The molecule has 12 heavy (non-hydrogen) atoms. The number of hydrogen-bond acceptors (Lipinski definition) is 3. The fourth-order valence-corrected chi connectivity index (χ4v) is 1.42. The Morgan fingerprint density at radius 3 is 2.83 bits per heavy atom. The SMILES string of the molecule is O=C([O-])C[C@H]1CC=C[C@H]1CO.[Na+]. The molecule has 0 radical (unpaired) electrons. The van der Waals surface area contributed by atoms with Gasteiger partial charge in [0.2, 0.25) is 0 Å². The molecular weight excluding hydrogens is 167 g/mol. The zero-order valence-corrected chi connectivity index (χ0v) is 9.19. The van der Waals surface area contributed by atoms with Crippen LogP contribution in [0, 0.1) is 11.8 Å². The van der Waals surface area contributed by atoms with E-state index < -0.39 is 5.97 Å². The standard InChI is InChI=1S/C8H12O3.Na/c9-5-7-3-1-2-6(7)4-8(10)11;/h1,3,6-7,9H,2,4-5H2,(H,10,11);/q;+1/p-1/t6-,7+;/m1./s1. The average molecular weight is 178 g/mol. The number of carboxylic acids is 1. The topological polar surface area (TPSA) is 60.4 Å². The maximum absolute atomic E-state index is 10.2. The van der Waals surface area contributed by atoms with Crippen molar-refractivity contribution in [3.63, 3.8) is 0 Å². The van der Waals surface area contributed by atoms with Gasteiger partial charge >= 0.3 is 29.6 Å². The Bertz CT molecular complexity index is 179. The van der Waals surface area contributed by atoms with Gasteiger partial charge in [0.15, 0.2) is 0 Å². The number of aliphatic carboxylic acids is 1. The van der Waals surface area contributed by atoms with Crippen LogP contribution in [0.3, 0.4) is 0 Å². The molecule has 2 atom stereocenters. The molecule has 0 unspecified atom stereocenters. The Labute approximate surface area is 93.8 Å². The van der Waals surface area contributed by atoms with E-state index in [1.807, 2.05) is 12.2 Å². The van der Waals surface area contributed by atoms with Gasteiger partial charge in [0.05, 0.1) is 0 Å². The first-order chi connectivity index (χ1) is 5.24. The normalized spacial score (nSPS) is 26.8. The van der Waals surface area contributed by atoms with Crippen molar-refractivity contribution in [1.29, 1.82) is 0 Å². The van der Waals surface area contributed by atoms with E-state index >= 15 is 0 Å². The van der Waals surface area contributed by atoms with Crippen LogP contribution in [0.5, 0.6) is 0 Å². The third kappa shape index (κ3) is 3.27. The predicted octanol–water partition coefficient (Wildman–Crippen LogP) is -3.68. The van der Waals surface area contributed by atoms with Crippen LogP contribution >= 0.6 is 0 Å². The second-order valence-corrected chi connectivity index (χ2v) is 2.85. The average Bonchev–Trinajstić information content (AvgIpc) is 2.34. The minimum atomic E-state index is -1.03. The van der Waals surface area contributed by atoms with Crippen molar-refractivity contribution in [3.8, 4) is 0 Å². The van der Waals surface area contributed by atoms with Crippen LogP contribution in [0.15, 0.2) is 12.2 Å². The summed E-state index contributed by atoms with van der Waals surface area (Å²) in [6.45, 7) is 0.0362. The van der Waals surface area contributed by atoms with Crippen molar-refractivity contribution in [2.24, 2.45) is 11.8 Å². The molecule has 0 aromatic rings. The first-order valence-corrected chi connectivity index (χ1v) is 3.71. The molecule has 1 rings (SSSR count). The van der Waals surface area contributed by atoms with Gasteiger partial charge in [-0.1, -0.05) is 12.2 Å². The summed E-state index contributed by atoms with van der Waals surface area (Å²) >= 11 is 0. The Morgan fingerprint density at radius 2 is 2.33 bits per heavy atom. The number of aliphatic hydroxyl groups excluding tert-OH is 1. The number of allylic oxidation sites excluding steroid dienone is 1. The third-order valence-corrected chi connectivity index (χ3v) is 2.07. The van der Waals surface area contributed by atoms with Crippen LogP contribution in [-0.4, -0.2) is 17.7 Å². The molecule has 0 spiro atoms. The Morgan fingerprint density at radius 1 is 1.67 bits per heavy atom. The molecule has 62 valence electrons. The van der Waals surface area contributed by atoms with Gasteiger partial charge in [-0.3, -0.25) is 0 Å². The number of hydrogen-bond donors (Lipinski definition) is 1. The summed E-state index contributed by atoms with van der Waals surface area (Å²) in [6.07, 6.45) is 4.58. The first kappa shape index (κ1) is 12.2. The van der Waals surface area contributed by atoms with Crippen LogP contribution in [0.4, 0.5) is 0 Å². The summed E-state index contributed by atoms with van der Waals surface area (Å²) in [5.41, 5.74) is 0. The van der Waals surface area contributed by atoms with Gasteiger partial charge in [-0.25, -0.2) is 0 Å². The zero-order chi connectivity index (χ0) is 8.27. The molecule has 0 bridgehead atoms. The number of carbonyl (C=O) groups excluding carboxylic acids is 1. The molecule has 1 aliphatic carbocycles. The predicted molar refractivity (Wildman–Crippen MR) is 37.4 cm³/mol. The second-order valence-electron chi connectivity index (χ2n) is 2.85. The van der Waals surface area contributed by atoms with E-state index in [-0.39, 0.29) is 54.4 Å². The summed E-state index contributed by atoms with van der Waals surface area (Å²) < 4.78 is 0. The van der Waals surface area contributed by atoms with Crippen LogP contribution in [0.2, 0.25) is 0 Å². The van der Waals surface area contributed by atoms with Gasteiger partial charge in [-0.2, -0.15) is 0 Å². The van der Waals surface area contributed by atoms with E-state index in [9.17, 15) is 9.90 Å². The fourth-order valence-electron chi connectivity index (χ4n) is 1.42. The van der Waals surface area contributed by atoms with Crippen molar-refractivity contribution >= 4 is 5.97 Å². The Hall–Kier alpha value is 0.170. The van der Waals surface area contributed by atoms with Crippen molar-refractivity contribution < 1.29 is 44.6 Å². The van der Waals surface area contributed by atoms with Gasteiger partial charge < -0.3 is 15.0 Å². The summed E-state index contributed by atoms with van der Waals surface area (Å²) in [5, 5.41) is 19.0. The Kier molecular flexibility index (Phi) is 5.84. The minimum absolute atomic E-state index is 0. The number of aliphatic hydroxyl groups is 1. The molecule has 1 aliphatic rings. The number of carbonyl (C=O) groups is 1. The number of rotatable bonds is 3. The molecule has 0 aromatic carbocycles. The van der Waals surface area contributed by atoms with Gasteiger partial charge in [0.1, 0.15) is 0 Å². The van der Waals surface area contributed by atoms with E-state index in [2.05, 4.69) is 0 Å². The summed E-state index contributed by atoms with van der Waals surface area (Å²) in [7, 11) is 0. The molecule has 0 aromatic heterocycles. The molecule has 0 fully saturated rings. The van der Waals surface area contributed by atoms with Crippen LogP contribution < -0.4 is 34.7 Å². The van der Waals surface area contributed by atoms with Gasteiger partial charge in [0.25, 0.3) is 0 Å². The molecular formula is C8H11NaO3. The van der Waals surface area contributed by atoms with Crippen LogP contribution in [0.1, 0.15) is 12.8 Å². The minimum Gasteiger partial charge on any atom is -0.550 e. The molecule has 0 aliphatic heterocycles. The number of carboxylic acid groups (broad SMARTS) is 1. The van der Waals surface area contributed by atoms with Gasteiger partial charge in [-0.05, 0) is 18.8 Å². The quantitative estimate of drug-likeness (QED) is 0.357. The van der Waals surface area contributed by atoms with Crippen molar-refractivity contribution in [2.45, 2.75) is 12.8 Å². The largest absolute Gasteiger partial charge is 1.00 e. The van der Waals surface area contributed by atoms with E-state index in [1.54, 1.807) is 0 Å². The maximum atomic E-state index is 10.2. The second kappa shape index (κ2) is 5.75. The van der Waals surface area contributed by atoms with Crippen molar-refractivity contribution in [1.82, 2.24) is 0 Å².